The number of carbonyl (C=O) groups is 1. The molecule has 0 aromatic carbocycles. The van der Waals surface area contributed by atoms with Gasteiger partial charge in [0.2, 0.25) is 0 Å². The Morgan fingerprint density at radius 2 is 2.38 bits per heavy atom. The number of ether oxygens (including phenoxy) is 1. The minimum absolute atomic E-state index is 0.238. The van der Waals surface area contributed by atoms with Crippen molar-refractivity contribution in [2.45, 2.75) is 26.7 Å². The Bertz CT molecular complexity index is 278. The third-order valence-corrected chi connectivity index (χ3v) is 1.79. The number of H-pyrrole nitrogens is 1. The summed E-state index contributed by atoms with van der Waals surface area (Å²) >= 11 is 0. The van der Waals surface area contributed by atoms with Gasteiger partial charge in [0.1, 0.15) is 0 Å². The van der Waals surface area contributed by atoms with Gasteiger partial charge in [0.25, 0.3) is 0 Å². The van der Waals surface area contributed by atoms with Gasteiger partial charge in [-0.2, -0.15) is 0 Å². The van der Waals surface area contributed by atoms with Crippen LogP contribution in [0.25, 0.3) is 0 Å². The van der Waals surface area contributed by atoms with E-state index < -0.39 is 0 Å². The molecule has 0 aliphatic rings. The molecule has 1 aromatic rings. The van der Waals surface area contributed by atoms with E-state index in [1.165, 1.54) is 0 Å². The molecule has 0 saturated carbocycles. The van der Waals surface area contributed by atoms with Gasteiger partial charge >= 0.3 is 5.97 Å². The number of unbranched alkanes of at least 4 members (excludes halogenated alkanes) is 1. The minimum atomic E-state index is -0.238. The summed E-state index contributed by atoms with van der Waals surface area (Å²) in [5.41, 5.74) is 1.58. The van der Waals surface area contributed by atoms with Crippen LogP contribution in [0.4, 0.5) is 0 Å². The average molecular weight is 181 g/mol. The van der Waals surface area contributed by atoms with Crippen LogP contribution < -0.4 is 0 Å². The molecule has 1 heterocycles. The average Bonchev–Trinajstić information content (AvgIpc) is 2.52. The maximum absolute atomic E-state index is 11.3. The van der Waals surface area contributed by atoms with Crippen molar-refractivity contribution in [1.82, 2.24) is 4.98 Å². The number of aryl methyl sites for hydroxylation is 1. The second kappa shape index (κ2) is 4.70. The molecule has 0 atom stereocenters. The van der Waals surface area contributed by atoms with Crippen LogP contribution in [0, 0.1) is 6.92 Å². The van der Waals surface area contributed by atoms with Crippen LogP contribution in [0.15, 0.2) is 12.3 Å². The zero-order valence-electron chi connectivity index (χ0n) is 8.09. The van der Waals surface area contributed by atoms with Crippen molar-refractivity contribution >= 4 is 5.97 Å². The standard InChI is InChI=1S/C10H15NO2/c1-3-4-5-13-10(12)9-6-8(2)11-7-9/h6-7,11H,3-5H2,1-2H3. The number of nitrogens with one attached hydrogen (secondary N) is 1. The number of aromatic amines is 1. The summed E-state index contributed by atoms with van der Waals surface area (Å²) < 4.78 is 5.02. The number of esters is 1. The lowest BCUT2D eigenvalue weighted by molar-refractivity contribution is 0.0500. The van der Waals surface area contributed by atoms with Gasteiger partial charge in [0, 0.05) is 11.9 Å². The maximum Gasteiger partial charge on any atom is 0.339 e. The van der Waals surface area contributed by atoms with Gasteiger partial charge in [-0.3, -0.25) is 0 Å². The molecule has 0 spiro atoms. The first-order chi connectivity index (χ1) is 6.24. The van der Waals surface area contributed by atoms with Crippen LogP contribution in [0.1, 0.15) is 35.8 Å². The largest absolute Gasteiger partial charge is 0.462 e. The molecule has 0 fully saturated rings. The van der Waals surface area contributed by atoms with Crippen LogP contribution in [-0.2, 0) is 4.74 Å². The SMILES string of the molecule is CCCCOC(=O)c1c[nH]c(C)c1. The summed E-state index contributed by atoms with van der Waals surface area (Å²) in [5, 5.41) is 0. The van der Waals surface area contributed by atoms with E-state index in [0.29, 0.717) is 12.2 Å². The molecule has 3 nitrogen and oxygen atoms in total. The van der Waals surface area contributed by atoms with E-state index >= 15 is 0 Å². The molecule has 1 rings (SSSR count). The molecule has 0 amide bonds. The van der Waals surface area contributed by atoms with Gasteiger partial charge < -0.3 is 9.72 Å². The highest BCUT2D eigenvalue weighted by atomic mass is 16.5. The van der Waals surface area contributed by atoms with Crippen molar-refractivity contribution in [3.63, 3.8) is 0 Å². The molecular formula is C10H15NO2. The van der Waals surface area contributed by atoms with E-state index in [-0.39, 0.29) is 5.97 Å². The van der Waals surface area contributed by atoms with Gasteiger partial charge in [0.05, 0.1) is 12.2 Å². The quantitative estimate of drug-likeness (QED) is 0.572. The lowest BCUT2D eigenvalue weighted by atomic mass is 10.3. The summed E-state index contributed by atoms with van der Waals surface area (Å²) in [7, 11) is 0. The van der Waals surface area contributed by atoms with Crippen molar-refractivity contribution in [2.24, 2.45) is 0 Å². The zero-order valence-corrected chi connectivity index (χ0v) is 8.09. The van der Waals surface area contributed by atoms with E-state index in [1.54, 1.807) is 12.3 Å². The topological polar surface area (TPSA) is 42.1 Å². The number of hydrogen-bond acceptors (Lipinski definition) is 2. The van der Waals surface area contributed by atoms with Gasteiger partial charge in [0.15, 0.2) is 0 Å². The minimum Gasteiger partial charge on any atom is -0.462 e. The van der Waals surface area contributed by atoms with Crippen LogP contribution in [0.5, 0.6) is 0 Å². The fourth-order valence-electron chi connectivity index (χ4n) is 1.02. The zero-order chi connectivity index (χ0) is 9.68. The van der Waals surface area contributed by atoms with Gasteiger partial charge in [-0.05, 0) is 19.4 Å². The van der Waals surface area contributed by atoms with Gasteiger partial charge in [-0.25, -0.2) is 4.79 Å². The van der Waals surface area contributed by atoms with Crippen molar-refractivity contribution in [2.75, 3.05) is 6.61 Å². The second-order valence-corrected chi connectivity index (χ2v) is 3.06. The molecule has 0 radical (unpaired) electrons. The Balaban J connectivity index is 2.40. The summed E-state index contributed by atoms with van der Waals surface area (Å²) in [6.45, 7) is 4.48. The Morgan fingerprint density at radius 3 is 2.92 bits per heavy atom. The fraction of sp³-hybridized carbons (Fsp3) is 0.500. The number of aromatic nitrogens is 1. The molecule has 1 aromatic heterocycles. The van der Waals surface area contributed by atoms with Crippen molar-refractivity contribution in [3.05, 3.63) is 23.5 Å². The van der Waals surface area contributed by atoms with Crippen molar-refractivity contribution in [1.29, 1.82) is 0 Å². The van der Waals surface area contributed by atoms with Crippen molar-refractivity contribution in [3.8, 4) is 0 Å². The van der Waals surface area contributed by atoms with E-state index in [1.807, 2.05) is 6.92 Å². The van der Waals surface area contributed by atoms with E-state index in [2.05, 4.69) is 11.9 Å². The van der Waals surface area contributed by atoms with E-state index in [9.17, 15) is 4.79 Å². The predicted octanol–water partition coefficient (Wildman–Crippen LogP) is 2.28. The molecule has 0 aliphatic heterocycles. The van der Waals surface area contributed by atoms with Crippen LogP contribution in [0.2, 0.25) is 0 Å². The maximum atomic E-state index is 11.3. The normalized spacial score (nSPS) is 10.0. The summed E-state index contributed by atoms with van der Waals surface area (Å²) in [4.78, 5) is 14.2. The lowest BCUT2D eigenvalue weighted by Crippen LogP contribution is -2.04. The highest BCUT2D eigenvalue weighted by Gasteiger charge is 2.07. The number of carbonyl (C=O) groups excluding carboxylic acids is 1. The second-order valence-electron chi connectivity index (χ2n) is 3.06. The first-order valence-electron chi connectivity index (χ1n) is 4.56. The molecule has 0 bridgehead atoms. The van der Waals surface area contributed by atoms with Crippen molar-refractivity contribution < 1.29 is 9.53 Å². The molecule has 13 heavy (non-hydrogen) atoms. The predicted molar refractivity (Wildman–Crippen MR) is 50.7 cm³/mol. The number of rotatable bonds is 4. The third-order valence-electron chi connectivity index (χ3n) is 1.79. The van der Waals surface area contributed by atoms with Gasteiger partial charge in [-0.1, -0.05) is 13.3 Å². The smallest absolute Gasteiger partial charge is 0.339 e. The van der Waals surface area contributed by atoms with Crippen LogP contribution in [-0.4, -0.2) is 17.6 Å². The highest BCUT2D eigenvalue weighted by molar-refractivity contribution is 5.89. The van der Waals surface area contributed by atoms with Gasteiger partial charge in [-0.15, -0.1) is 0 Å². The Hall–Kier alpha value is -1.25. The molecule has 3 heteroatoms. The molecule has 0 saturated heterocycles. The highest BCUT2D eigenvalue weighted by Crippen LogP contribution is 2.04. The van der Waals surface area contributed by atoms with Crippen LogP contribution >= 0.6 is 0 Å². The van der Waals surface area contributed by atoms with E-state index in [4.69, 9.17) is 4.74 Å². The molecule has 1 N–H and O–H groups in total. The summed E-state index contributed by atoms with van der Waals surface area (Å²) in [6.07, 6.45) is 3.64. The first-order valence-corrected chi connectivity index (χ1v) is 4.56. The monoisotopic (exact) mass is 181 g/mol. The Kier molecular flexibility index (Phi) is 3.55. The third kappa shape index (κ3) is 2.93. The fourth-order valence-corrected chi connectivity index (χ4v) is 1.02. The number of hydrogen-bond donors (Lipinski definition) is 1. The Labute approximate surface area is 78.1 Å². The Morgan fingerprint density at radius 1 is 1.62 bits per heavy atom. The molecule has 72 valence electrons. The van der Waals surface area contributed by atoms with E-state index in [0.717, 1.165) is 18.5 Å². The van der Waals surface area contributed by atoms with Crippen LogP contribution in [0.3, 0.4) is 0 Å². The summed E-state index contributed by atoms with van der Waals surface area (Å²) in [6, 6.07) is 1.79. The molecular weight excluding hydrogens is 166 g/mol. The summed E-state index contributed by atoms with van der Waals surface area (Å²) in [5.74, 6) is -0.238. The molecule has 0 aliphatic carbocycles. The first kappa shape index (κ1) is 9.84. The molecule has 0 unspecified atom stereocenters. The lowest BCUT2D eigenvalue weighted by Gasteiger charge is -2.00.